The Kier molecular flexibility index (Phi) is 11.8. The van der Waals surface area contributed by atoms with Crippen molar-refractivity contribution in [3.8, 4) is 0 Å². The van der Waals surface area contributed by atoms with E-state index in [1.165, 1.54) is 58.3 Å². The van der Waals surface area contributed by atoms with Gasteiger partial charge in [-0.15, -0.1) is 0 Å². The molecule has 1 aromatic rings. The Morgan fingerprint density at radius 1 is 1.00 bits per heavy atom. The smallest absolute Gasteiger partial charge is 0.217 e. The van der Waals surface area contributed by atoms with E-state index in [-0.39, 0.29) is 12.5 Å². The second kappa shape index (κ2) is 14.8. The molecule has 192 valence electrons. The van der Waals surface area contributed by atoms with E-state index in [2.05, 4.69) is 12.2 Å². The van der Waals surface area contributed by atoms with Gasteiger partial charge in [0.1, 0.15) is 24.4 Å². The molecule has 0 saturated carbocycles. The Hall–Kier alpha value is -1.51. The summed E-state index contributed by atoms with van der Waals surface area (Å²) in [5.41, 5.74) is 0.878. The zero-order valence-electron chi connectivity index (χ0n) is 20.8. The number of amides is 1. The second-order valence-corrected chi connectivity index (χ2v) is 9.49. The molecule has 2 saturated heterocycles. The fourth-order valence-electron chi connectivity index (χ4n) is 4.69. The van der Waals surface area contributed by atoms with Gasteiger partial charge < -0.3 is 29.4 Å². The molecule has 0 radical (unpaired) electrons. The number of unbranched alkanes of at least 4 members (excludes halogenated alkanes) is 9. The van der Waals surface area contributed by atoms with Gasteiger partial charge in [-0.2, -0.15) is 0 Å². The summed E-state index contributed by atoms with van der Waals surface area (Å²) in [7, 11) is 0. The molecule has 1 amide bonds. The number of hydrogen-bond acceptors (Lipinski definition) is 6. The minimum atomic E-state index is -0.963. The van der Waals surface area contributed by atoms with E-state index < -0.39 is 36.9 Å². The average molecular weight is 478 g/mol. The summed E-state index contributed by atoms with van der Waals surface area (Å²) < 4.78 is 24.0. The fraction of sp³-hybridized carbons (Fsp3) is 0.741. The second-order valence-electron chi connectivity index (χ2n) is 9.49. The zero-order valence-corrected chi connectivity index (χ0v) is 20.8. The lowest BCUT2D eigenvalue weighted by Gasteiger charge is -2.47. The third kappa shape index (κ3) is 8.31. The highest BCUT2D eigenvalue weighted by molar-refractivity contribution is 5.73. The topological polar surface area (TPSA) is 86.2 Å². The summed E-state index contributed by atoms with van der Waals surface area (Å²) in [6.07, 6.45) is 9.13. The van der Waals surface area contributed by atoms with Crippen LogP contribution >= 0.6 is 0 Å². The molecule has 1 aromatic carbocycles. The molecule has 1 unspecified atom stereocenters. The Morgan fingerprint density at radius 3 is 2.29 bits per heavy atom. The summed E-state index contributed by atoms with van der Waals surface area (Å²) in [5.74, 6) is -0.245. The largest absolute Gasteiger partial charge is 0.388 e. The molecule has 3 rings (SSSR count). The quantitative estimate of drug-likeness (QED) is 0.380. The molecule has 34 heavy (non-hydrogen) atoms. The van der Waals surface area contributed by atoms with Gasteiger partial charge in [-0.3, -0.25) is 4.79 Å². The number of aliphatic hydroxyl groups excluding tert-OH is 1. The molecule has 2 N–H and O–H groups in total. The maximum Gasteiger partial charge on any atom is 0.217 e. The van der Waals surface area contributed by atoms with Crippen molar-refractivity contribution in [3.05, 3.63) is 35.9 Å². The van der Waals surface area contributed by atoms with Crippen molar-refractivity contribution in [1.82, 2.24) is 5.32 Å². The van der Waals surface area contributed by atoms with E-state index in [1.54, 1.807) is 0 Å². The molecule has 2 fully saturated rings. The summed E-state index contributed by atoms with van der Waals surface area (Å²) in [4.78, 5) is 11.8. The third-order valence-corrected chi connectivity index (χ3v) is 6.59. The molecule has 6 atom stereocenters. The number of nitrogens with one attached hydrogen (secondary N) is 1. The average Bonchev–Trinajstić information content (AvgIpc) is 2.85. The van der Waals surface area contributed by atoms with Crippen LogP contribution < -0.4 is 5.32 Å². The van der Waals surface area contributed by atoms with Crippen molar-refractivity contribution >= 4 is 5.91 Å². The van der Waals surface area contributed by atoms with Crippen molar-refractivity contribution in [1.29, 1.82) is 0 Å². The number of benzene rings is 1. The Labute approximate surface area is 204 Å². The van der Waals surface area contributed by atoms with Crippen LogP contribution in [0, 0.1) is 0 Å². The Bertz CT molecular complexity index is 702. The zero-order chi connectivity index (χ0) is 24.2. The van der Waals surface area contributed by atoms with Crippen molar-refractivity contribution in [3.63, 3.8) is 0 Å². The van der Waals surface area contributed by atoms with Crippen molar-refractivity contribution < 1.29 is 28.8 Å². The SMILES string of the molecule is CCCCCCCCCCCCO[C@@H]1O[C@@H]2COC(c3ccccc3)O[C@H]2[C@@H](O)[C@H]1NC(C)=O. The maximum atomic E-state index is 11.8. The highest BCUT2D eigenvalue weighted by Gasteiger charge is 2.50. The minimum absolute atomic E-state index is 0.245. The highest BCUT2D eigenvalue weighted by Crippen LogP contribution is 2.34. The number of carbonyl (C=O) groups excluding carboxylic acids is 1. The van der Waals surface area contributed by atoms with Gasteiger partial charge >= 0.3 is 0 Å². The summed E-state index contributed by atoms with van der Waals surface area (Å²) in [6.45, 7) is 4.48. The molecule has 0 bridgehead atoms. The van der Waals surface area contributed by atoms with Crippen LogP contribution in [0.1, 0.15) is 89.9 Å². The van der Waals surface area contributed by atoms with Crippen molar-refractivity contribution in [2.24, 2.45) is 0 Å². The first-order chi connectivity index (χ1) is 16.6. The first-order valence-electron chi connectivity index (χ1n) is 13.1. The van der Waals surface area contributed by atoms with E-state index in [0.29, 0.717) is 6.61 Å². The maximum absolute atomic E-state index is 11.8. The van der Waals surface area contributed by atoms with Gasteiger partial charge in [0.15, 0.2) is 12.6 Å². The normalized spacial score (nSPS) is 28.9. The summed E-state index contributed by atoms with van der Waals surface area (Å²) in [5, 5.41) is 13.9. The molecule has 7 nitrogen and oxygen atoms in total. The van der Waals surface area contributed by atoms with Crippen LogP contribution in [0.25, 0.3) is 0 Å². The number of carbonyl (C=O) groups is 1. The van der Waals surface area contributed by atoms with Crippen LogP contribution in [0.3, 0.4) is 0 Å². The monoisotopic (exact) mass is 477 g/mol. The van der Waals surface area contributed by atoms with E-state index in [9.17, 15) is 9.90 Å². The summed E-state index contributed by atoms with van der Waals surface area (Å²) in [6, 6.07) is 8.91. The third-order valence-electron chi connectivity index (χ3n) is 6.59. The fourth-order valence-corrected chi connectivity index (χ4v) is 4.69. The van der Waals surface area contributed by atoms with Crippen molar-refractivity contribution in [2.45, 2.75) is 115 Å². The van der Waals surface area contributed by atoms with Gasteiger partial charge in [0, 0.05) is 19.1 Å². The highest BCUT2D eigenvalue weighted by atomic mass is 16.7. The molecule has 0 aromatic heterocycles. The molecule has 2 aliphatic heterocycles. The number of fused-ring (bicyclic) bond motifs is 1. The molecule has 2 heterocycles. The van der Waals surface area contributed by atoms with Crippen LogP contribution in [-0.2, 0) is 23.7 Å². The van der Waals surface area contributed by atoms with Gasteiger partial charge in [0.05, 0.1) is 6.61 Å². The molecular formula is C27H43NO6. The van der Waals surface area contributed by atoms with Gasteiger partial charge in [-0.05, 0) is 6.42 Å². The first-order valence-corrected chi connectivity index (χ1v) is 13.1. The van der Waals surface area contributed by atoms with Crippen LogP contribution in [0.15, 0.2) is 30.3 Å². The Morgan fingerprint density at radius 2 is 1.65 bits per heavy atom. The molecule has 2 aliphatic rings. The van der Waals surface area contributed by atoms with Crippen molar-refractivity contribution in [2.75, 3.05) is 13.2 Å². The molecular weight excluding hydrogens is 434 g/mol. The predicted octanol–water partition coefficient (Wildman–Crippen LogP) is 4.63. The van der Waals surface area contributed by atoms with Crippen LogP contribution in [-0.4, -0.2) is 54.9 Å². The number of ether oxygens (including phenoxy) is 4. The minimum Gasteiger partial charge on any atom is -0.388 e. The summed E-state index contributed by atoms with van der Waals surface area (Å²) >= 11 is 0. The first kappa shape index (κ1) is 27.1. The molecule has 0 spiro atoms. The lowest BCUT2D eigenvalue weighted by atomic mass is 9.95. The lowest BCUT2D eigenvalue weighted by molar-refractivity contribution is -0.344. The van der Waals surface area contributed by atoms with Gasteiger partial charge in [-0.1, -0.05) is 95.0 Å². The van der Waals surface area contributed by atoms with E-state index >= 15 is 0 Å². The van der Waals surface area contributed by atoms with Gasteiger partial charge in [0.2, 0.25) is 5.91 Å². The number of rotatable bonds is 14. The van der Waals surface area contributed by atoms with Gasteiger partial charge in [-0.25, -0.2) is 0 Å². The molecule has 7 heteroatoms. The van der Waals surface area contributed by atoms with Crippen LogP contribution in [0.5, 0.6) is 0 Å². The lowest BCUT2D eigenvalue weighted by Crippen LogP contribution is -2.66. The standard InChI is InChI=1S/C27H43NO6/c1-3-4-5-6-7-8-9-10-11-15-18-31-27-23(28-20(2)29)24(30)25-22(33-27)19-32-26(34-25)21-16-13-12-14-17-21/h12-14,16-17,22-27,30H,3-11,15,18-19H2,1-2H3,(H,28,29)/t22-,23-,24+,25-,26?,27-/m1/s1. The van der Waals surface area contributed by atoms with Crippen LogP contribution in [0.4, 0.5) is 0 Å². The van der Waals surface area contributed by atoms with E-state index in [0.717, 1.165) is 18.4 Å². The number of aliphatic hydroxyl groups is 1. The Balaban J connectivity index is 1.42. The molecule has 0 aliphatic carbocycles. The van der Waals surface area contributed by atoms with Crippen LogP contribution in [0.2, 0.25) is 0 Å². The van der Waals surface area contributed by atoms with E-state index in [1.807, 2.05) is 30.3 Å². The predicted molar refractivity (Wildman–Crippen MR) is 130 cm³/mol. The number of hydrogen-bond donors (Lipinski definition) is 2. The van der Waals surface area contributed by atoms with Gasteiger partial charge in [0.25, 0.3) is 0 Å². The van der Waals surface area contributed by atoms with E-state index in [4.69, 9.17) is 18.9 Å².